The molecule has 2 aliphatic rings. The first-order valence-corrected chi connectivity index (χ1v) is 14.4. The zero-order valence-corrected chi connectivity index (χ0v) is 23.4. The van der Waals surface area contributed by atoms with Crippen molar-refractivity contribution in [3.05, 3.63) is 77.7 Å². The van der Waals surface area contributed by atoms with E-state index >= 15 is 0 Å². The van der Waals surface area contributed by atoms with E-state index < -0.39 is 0 Å². The summed E-state index contributed by atoms with van der Waals surface area (Å²) < 4.78 is 14.4. The lowest BCUT2D eigenvalue weighted by Gasteiger charge is -2.15. The average Bonchev–Trinajstić information content (AvgIpc) is 3.74. The Labute approximate surface area is 233 Å². The van der Waals surface area contributed by atoms with Gasteiger partial charge in [-0.3, -0.25) is 9.80 Å². The minimum atomic E-state index is 0.750. The Hall–Kier alpha value is -2.94. The van der Waals surface area contributed by atoms with E-state index in [9.17, 15) is 0 Å². The van der Waals surface area contributed by atoms with Crippen LogP contribution < -0.4 is 9.47 Å². The molecule has 8 heteroatoms. The number of likely N-dealkylation sites (tertiary alicyclic amines) is 2. The van der Waals surface area contributed by atoms with Gasteiger partial charge in [0.15, 0.2) is 5.65 Å². The minimum Gasteiger partial charge on any atom is -0.492 e. The highest BCUT2D eigenvalue weighted by Crippen LogP contribution is 2.22. The van der Waals surface area contributed by atoms with Gasteiger partial charge in [0.2, 0.25) is 0 Å². The third-order valence-electron chi connectivity index (χ3n) is 7.00. The fourth-order valence-corrected chi connectivity index (χ4v) is 5.10. The summed E-state index contributed by atoms with van der Waals surface area (Å²) in [5.74, 6) is 1.87. The number of rotatable bonds is 9. The van der Waals surface area contributed by atoms with Crippen LogP contribution in [0.1, 0.15) is 25.7 Å². The second kappa shape index (κ2) is 13.7. The van der Waals surface area contributed by atoms with Gasteiger partial charge in [-0.1, -0.05) is 28.1 Å². The van der Waals surface area contributed by atoms with Crippen LogP contribution in [-0.4, -0.2) is 76.9 Å². The molecule has 0 radical (unpaired) electrons. The SMILES string of the molecule is Brc1ccc(OCCN2CCCC2)cc1.c1cc2ncc(-c3ccc(OCCN4CCCC4)cc3)cn2n1. The maximum Gasteiger partial charge on any atom is 0.154 e. The lowest BCUT2D eigenvalue weighted by atomic mass is 10.1. The van der Waals surface area contributed by atoms with Crippen molar-refractivity contribution < 1.29 is 9.47 Å². The van der Waals surface area contributed by atoms with Crippen molar-refractivity contribution in [2.45, 2.75) is 25.7 Å². The smallest absolute Gasteiger partial charge is 0.154 e. The molecule has 2 aliphatic heterocycles. The van der Waals surface area contributed by atoms with Gasteiger partial charge < -0.3 is 9.47 Å². The van der Waals surface area contributed by atoms with E-state index in [0.29, 0.717) is 0 Å². The summed E-state index contributed by atoms with van der Waals surface area (Å²) in [6, 6.07) is 18.1. The van der Waals surface area contributed by atoms with Gasteiger partial charge in [-0.2, -0.15) is 5.10 Å². The van der Waals surface area contributed by atoms with Gasteiger partial charge in [0.1, 0.15) is 24.7 Å². The molecule has 38 heavy (non-hydrogen) atoms. The standard InChI is InChI=1S/C18H20N4O.C12H16BrNO/c1-2-10-21(9-1)11-12-23-17-5-3-15(4-6-17)16-13-19-18-7-8-20-22(18)14-16;13-11-3-5-12(6-4-11)15-10-9-14-7-1-2-8-14/h3-8,13-14H,1-2,9-12H2;3-6H,1-2,7-10H2. The van der Waals surface area contributed by atoms with E-state index in [4.69, 9.17) is 9.47 Å². The lowest BCUT2D eigenvalue weighted by molar-refractivity contribution is 0.237. The first kappa shape index (κ1) is 26.7. The van der Waals surface area contributed by atoms with Gasteiger partial charge >= 0.3 is 0 Å². The largest absolute Gasteiger partial charge is 0.492 e. The molecule has 7 nitrogen and oxygen atoms in total. The number of aromatic nitrogens is 3. The van der Waals surface area contributed by atoms with Crippen molar-refractivity contribution >= 4 is 21.6 Å². The molecule has 0 unspecified atom stereocenters. The van der Waals surface area contributed by atoms with Crippen LogP contribution in [-0.2, 0) is 0 Å². The number of nitrogens with zero attached hydrogens (tertiary/aromatic N) is 5. The highest BCUT2D eigenvalue weighted by Gasteiger charge is 2.11. The molecule has 0 atom stereocenters. The predicted octanol–water partition coefficient (Wildman–Crippen LogP) is 5.79. The molecular weight excluding hydrogens is 542 g/mol. The van der Waals surface area contributed by atoms with Gasteiger partial charge in [-0.25, -0.2) is 9.50 Å². The first-order chi connectivity index (χ1) is 18.7. The normalized spacial score (nSPS) is 15.9. The Balaban J connectivity index is 0.000000170. The van der Waals surface area contributed by atoms with E-state index in [1.54, 1.807) is 10.7 Å². The van der Waals surface area contributed by atoms with Crippen LogP contribution in [0.3, 0.4) is 0 Å². The van der Waals surface area contributed by atoms with Crippen molar-refractivity contribution in [1.82, 2.24) is 24.4 Å². The monoisotopic (exact) mass is 577 g/mol. The molecule has 0 bridgehead atoms. The summed E-state index contributed by atoms with van der Waals surface area (Å²) in [6.45, 7) is 8.52. The van der Waals surface area contributed by atoms with Gasteiger partial charge in [0.25, 0.3) is 0 Å². The zero-order valence-electron chi connectivity index (χ0n) is 21.8. The van der Waals surface area contributed by atoms with Crippen LogP contribution >= 0.6 is 15.9 Å². The van der Waals surface area contributed by atoms with E-state index in [-0.39, 0.29) is 0 Å². The highest BCUT2D eigenvalue weighted by atomic mass is 79.9. The van der Waals surface area contributed by atoms with Crippen LogP contribution in [0, 0.1) is 0 Å². The molecule has 2 aromatic heterocycles. The van der Waals surface area contributed by atoms with E-state index in [0.717, 1.165) is 59.0 Å². The second-order valence-corrected chi connectivity index (χ2v) is 10.7. The molecule has 0 N–H and O–H groups in total. The van der Waals surface area contributed by atoms with Crippen LogP contribution in [0.15, 0.2) is 77.7 Å². The fraction of sp³-hybridized carbons (Fsp3) is 0.400. The van der Waals surface area contributed by atoms with Crippen molar-refractivity contribution in [1.29, 1.82) is 0 Å². The summed E-state index contributed by atoms with van der Waals surface area (Å²) in [5, 5.41) is 4.23. The van der Waals surface area contributed by atoms with Gasteiger partial charge in [0.05, 0.1) is 6.20 Å². The first-order valence-electron chi connectivity index (χ1n) is 13.6. The highest BCUT2D eigenvalue weighted by molar-refractivity contribution is 9.10. The topological polar surface area (TPSA) is 55.1 Å². The zero-order chi connectivity index (χ0) is 26.0. The molecular formula is C30H36BrN5O2. The summed E-state index contributed by atoms with van der Waals surface area (Å²) >= 11 is 3.40. The van der Waals surface area contributed by atoms with Crippen molar-refractivity contribution in [3.8, 4) is 22.6 Å². The third-order valence-corrected chi connectivity index (χ3v) is 7.53. The molecule has 0 spiro atoms. The Bertz CT molecular complexity index is 1250. The van der Waals surface area contributed by atoms with E-state index in [1.807, 2.05) is 54.9 Å². The molecule has 0 amide bonds. The molecule has 4 heterocycles. The number of halogens is 1. The molecule has 2 aromatic carbocycles. The number of benzene rings is 2. The minimum absolute atomic E-state index is 0.750. The predicted molar refractivity (Wildman–Crippen MR) is 155 cm³/mol. The van der Waals surface area contributed by atoms with Crippen LogP contribution in [0.5, 0.6) is 11.5 Å². The molecule has 0 aliphatic carbocycles. The summed E-state index contributed by atoms with van der Waals surface area (Å²) in [5.41, 5.74) is 3.02. The molecule has 4 aromatic rings. The van der Waals surface area contributed by atoms with Crippen LogP contribution in [0.4, 0.5) is 0 Å². The Kier molecular flexibility index (Phi) is 9.64. The average molecular weight is 579 g/mol. The molecule has 200 valence electrons. The fourth-order valence-electron chi connectivity index (χ4n) is 4.83. The second-order valence-electron chi connectivity index (χ2n) is 9.75. The Morgan fingerprint density at radius 1 is 0.684 bits per heavy atom. The number of ether oxygens (including phenoxy) is 2. The third kappa shape index (κ3) is 7.79. The summed E-state index contributed by atoms with van der Waals surface area (Å²) in [4.78, 5) is 9.31. The molecule has 2 fully saturated rings. The molecule has 2 saturated heterocycles. The van der Waals surface area contributed by atoms with E-state index in [2.05, 4.69) is 47.9 Å². The van der Waals surface area contributed by atoms with Crippen molar-refractivity contribution in [2.24, 2.45) is 0 Å². The lowest BCUT2D eigenvalue weighted by Crippen LogP contribution is -2.25. The number of hydrogen-bond acceptors (Lipinski definition) is 6. The molecule has 0 saturated carbocycles. The molecule has 6 rings (SSSR count). The van der Waals surface area contributed by atoms with Crippen LogP contribution in [0.25, 0.3) is 16.8 Å². The quantitative estimate of drug-likeness (QED) is 0.251. The Morgan fingerprint density at radius 3 is 1.82 bits per heavy atom. The number of fused-ring (bicyclic) bond motifs is 1. The number of hydrogen-bond donors (Lipinski definition) is 0. The van der Waals surface area contributed by atoms with Gasteiger partial charge in [-0.15, -0.1) is 0 Å². The van der Waals surface area contributed by atoms with Crippen LogP contribution in [0.2, 0.25) is 0 Å². The van der Waals surface area contributed by atoms with E-state index in [1.165, 1.54) is 51.9 Å². The van der Waals surface area contributed by atoms with Gasteiger partial charge in [-0.05, 0) is 93.8 Å². The Morgan fingerprint density at radius 2 is 1.24 bits per heavy atom. The maximum atomic E-state index is 5.84. The summed E-state index contributed by atoms with van der Waals surface area (Å²) in [6.07, 6.45) is 11.0. The maximum absolute atomic E-state index is 5.84. The summed E-state index contributed by atoms with van der Waals surface area (Å²) in [7, 11) is 0. The van der Waals surface area contributed by atoms with Crippen molar-refractivity contribution in [2.75, 3.05) is 52.5 Å². The van der Waals surface area contributed by atoms with Gasteiger partial charge in [0, 0.05) is 41.6 Å². The van der Waals surface area contributed by atoms with Crippen molar-refractivity contribution in [3.63, 3.8) is 0 Å².